The third kappa shape index (κ3) is 3.86. The van der Waals surface area contributed by atoms with Crippen molar-refractivity contribution >= 4 is 30.0 Å². The Morgan fingerprint density at radius 2 is 2.32 bits per heavy atom. The minimum Gasteiger partial charge on any atom is -0.460 e. The summed E-state index contributed by atoms with van der Waals surface area (Å²) in [4.78, 5) is 22.4. The van der Waals surface area contributed by atoms with Crippen molar-refractivity contribution in [2.75, 3.05) is 12.4 Å². The van der Waals surface area contributed by atoms with Gasteiger partial charge in [-0.3, -0.25) is 4.79 Å². The van der Waals surface area contributed by atoms with Crippen molar-refractivity contribution in [3.05, 3.63) is 0 Å². The van der Waals surface area contributed by atoms with Crippen LogP contribution in [0.4, 0.5) is 4.79 Å². The van der Waals surface area contributed by atoms with E-state index >= 15 is 0 Å². The van der Waals surface area contributed by atoms with Crippen LogP contribution in [0.15, 0.2) is 0 Å². The highest BCUT2D eigenvalue weighted by Crippen LogP contribution is 2.33. The molecule has 0 aromatic heterocycles. The Morgan fingerprint density at radius 1 is 1.47 bits per heavy atom. The molecule has 2 fully saturated rings. The highest BCUT2D eigenvalue weighted by molar-refractivity contribution is 8.00. The molecular weight excluding hydrogens is 266 g/mol. The largest absolute Gasteiger partial charge is 0.460 e. The summed E-state index contributed by atoms with van der Waals surface area (Å²) in [6.07, 6.45) is 4.24. The lowest BCUT2D eigenvalue weighted by Crippen LogP contribution is -2.36. The number of nitrogens with one attached hydrogen (secondary N) is 3. The van der Waals surface area contributed by atoms with Crippen LogP contribution in [0.25, 0.3) is 0 Å². The first-order chi connectivity index (χ1) is 9.20. The van der Waals surface area contributed by atoms with Gasteiger partial charge >= 0.3 is 12.0 Å². The molecule has 2 aliphatic heterocycles. The van der Waals surface area contributed by atoms with Gasteiger partial charge in [0, 0.05) is 23.6 Å². The molecule has 0 saturated carbocycles. The van der Waals surface area contributed by atoms with Crippen LogP contribution in [0.5, 0.6) is 0 Å². The van der Waals surface area contributed by atoms with Crippen LogP contribution in [0.3, 0.4) is 0 Å². The second-order valence-corrected chi connectivity index (χ2v) is 6.03. The van der Waals surface area contributed by atoms with Crippen molar-refractivity contribution in [2.24, 2.45) is 0 Å². The predicted octanol–water partition coefficient (Wildman–Crippen LogP) is 0.905. The predicted molar refractivity (Wildman–Crippen MR) is 73.7 cm³/mol. The normalized spacial score (nSPS) is 28.4. The van der Waals surface area contributed by atoms with Gasteiger partial charge in [0.15, 0.2) is 0 Å². The molecule has 2 amide bonds. The zero-order chi connectivity index (χ0) is 13.7. The Morgan fingerprint density at radius 3 is 3.11 bits per heavy atom. The van der Waals surface area contributed by atoms with Gasteiger partial charge in [0.05, 0.1) is 12.1 Å². The lowest BCUT2D eigenvalue weighted by Gasteiger charge is -2.16. The van der Waals surface area contributed by atoms with Gasteiger partial charge in [-0.15, -0.1) is 0 Å². The minimum absolute atomic E-state index is 0.0597. The number of hydrogen-bond donors (Lipinski definition) is 3. The van der Waals surface area contributed by atoms with E-state index in [2.05, 4.69) is 10.6 Å². The van der Waals surface area contributed by atoms with Crippen LogP contribution in [0.1, 0.15) is 25.7 Å². The maximum Gasteiger partial charge on any atom is 0.315 e. The molecule has 7 heteroatoms. The first kappa shape index (κ1) is 14.2. The molecule has 6 nitrogen and oxygen atoms in total. The molecule has 2 aliphatic rings. The van der Waals surface area contributed by atoms with Crippen molar-refractivity contribution in [3.63, 3.8) is 0 Å². The van der Waals surface area contributed by atoms with E-state index in [0.717, 1.165) is 31.2 Å². The van der Waals surface area contributed by atoms with Crippen molar-refractivity contribution in [3.8, 4) is 0 Å². The van der Waals surface area contributed by atoms with Crippen LogP contribution < -0.4 is 10.6 Å². The zero-order valence-electron chi connectivity index (χ0n) is 10.7. The fraction of sp³-hybridized carbons (Fsp3) is 0.750. The fourth-order valence-corrected chi connectivity index (χ4v) is 4.01. The van der Waals surface area contributed by atoms with E-state index in [1.807, 2.05) is 11.8 Å². The third-order valence-corrected chi connectivity index (χ3v) is 4.89. The molecule has 3 atom stereocenters. The molecule has 0 unspecified atom stereocenters. The zero-order valence-corrected chi connectivity index (χ0v) is 11.5. The Balaban J connectivity index is 1.60. The van der Waals surface area contributed by atoms with Crippen molar-refractivity contribution in [1.29, 1.82) is 5.41 Å². The van der Waals surface area contributed by atoms with E-state index in [4.69, 9.17) is 10.1 Å². The summed E-state index contributed by atoms with van der Waals surface area (Å²) in [6.45, 7) is 0.0682. The highest BCUT2D eigenvalue weighted by Gasteiger charge is 2.42. The first-order valence-electron chi connectivity index (χ1n) is 6.54. The summed E-state index contributed by atoms with van der Waals surface area (Å²) in [7, 11) is 0. The van der Waals surface area contributed by atoms with Gasteiger partial charge < -0.3 is 20.8 Å². The topological polar surface area (TPSA) is 91.3 Å². The molecule has 3 N–H and O–H groups in total. The molecule has 0 aliphatic carbocycles. The molecule has 106 valence electrons. The monoisotopic (exact) mass is 285 g/mol. The lowest BCUT2D eigenvalue weighted by atomic mass is 10.0. The summed E-state index contributed by atoms with van der Waals surface area (Å²) in [5.74, 6) is 0.728. The Labute approximate surface area is 116 Å². The summed E-state index contributed by atoms with van der Waals surface area (Å²) >= 11 is 1.89. The maximum absolute atomic E-state index is 11.2. The van der Waals surface area contributed by atoms with E-state index in [0.29, 0.717) is 11.7 Å². The Bertz CT molecular complexity index is 364. The van der Waals surface area contributed by atoms with Crippen LogP contribution in [-0.2, 0) is 9.53 Å². The quantitative estimate of drug-likeness (QED) is 0.280. The van der Waals surface area contributed by atoms with E-state index in [1.165, 1.54) is 0 Å². The average molecular weight is 285 g/mol. The summed E-state index contributed by atoms with van der Waals surface area (Å²) in [6, 6.07) is 0.443. The number of carbonyl (C=O) groups is 2. The van der Waals surface area contributed by atoms with Crippen molar-refractivity contribution in [1.82, 2.24) is 10.6 Å². The number of amides is 2. The standard InChI is InChI=1S/C12H19N3O3S/c13-5-6-18-10(16)4-2-1-3-9-11-8(7-19-9)14-12(17)15-11/h5,8-9,11,13H,1-4,6-7H2,(H2,14,15,17)/t8-,9-,11-/m1/s1. The number of hydrogen-bond acceptors (Lipinski definition) is 5. The second-order valence-electron chi connectivity index (χ2n) is 4.75. The van der Waals surface area contributed by atoms with Gasteiger partial charge in [-0.05, 0) is 12.8 Å². The summed E-state index contributed by atoms with van der Waals surface area (Å²) in [5.41, 5.74) is 0. The van der Waals surface area contributed by atoms with Crippen LogP contribution in [0.2, 0.25) is 0 Å². The van der Waals surface area contributed by atoms with Crippen molar-refractivity contribution < 1.29 is 14.3 Å². The van der Waals surface area contributed by atoms with E-state index in [1.54, 1.807) is 0 Å². The number of unbranched alkanes of at least 4 members (excludes halogenated alkanes) is 1. The number of urea groups is 1. The number of ether oxygens (including phenoxy) is 1. The number of fused-ring (bicyclic) bond motifs is 1. The number of carbonyl (C=O) groups excluding carboxylic acids is 2. The van der Waals surface area contributed by atoms with Crippen LogP contribution in [-0.4, -0.2) is 47.9 Å². The molecule has 0 spiro atoms. The van der Waals surface area contributed by atoms with Gasteiger partial charge in [-0.25, -0.2) is 4.79 Å². The third-order valence-electron chi connectivity index (χ3n) is 3.39. The van der Waals surface area contributed by atoms with E-state index in [9.17, 15) is 9.59 Å². The summed E-state index contributed by atoms with van der Waals surface area (Å²) < 4.78 is 4.79. The molecular formula is C12H19N3O3S. The second kappa shape index (κ2) is 6.79. The highest BCUT2D eigenvalue weighted by atomic mass is 32.2. The van der Waals surface area contributed by atoms with Gasteiger partial charge in [-0.1, -0.05) is 6.42 Å². The average Bonchev–Trinajstić information content (AvgIpc) is 2.92. The smallest absolute Gasteiger partial charge is 0.315 e. The van der Waals surface area contributed by atoms with Crippen molar-refractivity contribution in [2.45, 2.75) is 43.0 Å². The lowest BCUT2D eigenvalue weighted by molar-refractivity contribution is -0.141. The maximum atomic E-state index is 11.2. The van der Waals surface area contributed by atoms with E-state index < -0.39 is 0 Å². The first-order valence-corrected chi connectivity index (χ1v) is 7.59. The van der Waals surface area contributed by atoms with Crippen LogP contribution in [0, 0.1) is 5.41 Å². The molecule has 0 radical (unpaired) electrons. The SMILES string of the molecule is N=CCOC(=O)CCCC[C@H]1SC[C@H]2NC(=O)N[C@H]21. The minimum atomic E-state index is -0.240. The molecule has 2 heterocycles. The molecule has 0 aromatic rings. The number of esters is 1. The Hall–Kier alpha value is -1.24. The molecule has 19 heavy (non-hydrogen) atoms. The Kier molecular flexibility index (Phi) is 5.07. The fourth-order valence-electron chi connectivity index (χ4n) is 2.46. The number of thioether (sulfide) groups is 1. The summed E-state index contributed by atoms with van der Waals surface area (Å²) in [5, 5.41) is 13.1. The van der Waals surface area contributed by atoms with Gasteiger partial charge in [0.2, 0.25) is 0 Å². The van der Waals surface area contributed by atoms with Gasteiger partial charge in [0.25, 0.3) is 0 Å². The molecule has 2 saturated heterocycles. The number of rotatable bonds is 7. The van der Waals surface area contributed by atoms with Crippen LogP contribution >= 0.6 is 11.8 Å². The molecule has 0 aromatic carbocycles. The molecule has 0 bridgehead atoms. The van der Waals surface area contributed by atoms with Gasteiger partial charge in [-0.2, -0.15) is 11.8 Å². The molecule has 2 rings (SSSR count). The van der Waals surface area contributed by atoms with E-state index in [-0.39, 0.29) is 30.7 Å². The van der Waals surface area contributed by atoms with Gasteiger partial charge in [0.1, 0.15) is 6.61 Å².